The molecule has 0 saturated heterocycles. The van der Waals surface area contributed by atoms with Crippen LogP contribution < -0.4 is 5.32 Å². The molecule has 2 rings (SSSR count). The van der Waals surface area contributed by atoms with Gasteiger partial charge in [0.15, 0.2) is 22.1 Å². The average Bonchev–Trinajstić information content (AvgIpc) is 2.93. The Morgan fingerprint density at radius 3 is 2.88 bits per heavy atom. The zero-order valence-corrected chi connectivity index (χ0v) is 11.3. The molecule has 0 atom stereocenters. The van der Waals surface area contributed by atoms with E-state index in [0.717, 1.165) is 31.8 Å². The number of furan rings is 1. The van der Waals surface area contributed by atoms with Gasteiger partial charge in [0.2, 0.25) is 0 Å². The SMILES string of the molecule is CCNCCCc1ncc(-c2ccc(Br)o2)o1. The summed E-state index contributed by atoms with van der Waals surface area (Å²) in [5.74, 6) is 2.13. The first-order valence-corrected chi connectivity index (χ1v) is 6.50. The second-order valence-electron chi connectivity index (χ2n) is 3.68. The van der Waals surface area contributed by atoms with Gasteiger partial charge in [-0.1, -0.05) is 6.92 Å². The molecule has 0 amide bonds. The summed E-state index contributed by atoms with van der Waals surface area (Å²) in [6.45, 7) is 4.08. The van der Waals surface area contributed by atoms with Crippen molar-refractivity contribution in [2.75, 3.05) is 13.1 Å². The van der Waals surface area contributed by atoms with E-state index in [4.69, 9.17) is 8.83 Å². The summed E-state index contributed by atoms with van der Waals surface area (Å²) >= 11 is 3.26. The Labute approximate surface area is 109 Å². The van der Waals surface area contributed by atoms with Gasteiger partial charge >= 0.3 is 0 Å². The molecule has 0 spiro atoms. The number of aromatic nitrogens is 1. The number of rotatable bonds is 6. The first-order valence-electron chi connectivity index (χ1n) is 5.70. The van der Waals surface area contributed by atoms with Gasteiger partial charge in [-0.3, -0.25) is 0 Å². The van der Waals surface area contributed by atoms with Gasteiger partial charge in [-0.05, 0) is 47.6 Å². The minimum atomic E-state index is 0.675. The van der Waals surface area contributed by atoms with Gasteiger partial charge in [-0.2, -0.15) is 0 Å². The fourth-order valence-electron chi connectivity index (χ4n) is 1.53. The fraction of sp³-hybridized carbons (Fsp3) is 0.417. The minimum absolute atomic E-state index is 0.675. The van der Waals surface area contributed by atoms with E-state index < -0.39 is 0 Å². The van der Waals surface area contributed by atoms with E-state index in [1.807, 2.05) is 12.1 Å². The van der Waals surface area contributed by atoms with Crippen molar-refractivity contribution in [3.05, 3.63) is 28.9 Å². The van der Waals surface area contributed by atoms with Crippen LogP contribution in [0.2, 0.25) is 0 Å². The predicted molar refractivity (Wildman–Crippen MR) is 68.8 cm³/mol. The first-order chi connectivity index (χ1) is 8.29. The van der Waals surface area contributed by atoms with E-state index >= 15 is 0 Å². The minimum Gasteiger partial charge on any atom is -0.446 e. The molecule has 92 valence electrons. The summed E-state index contributed by atoms with van der Waals surface area (Å²) in [5.41, 5.74) is 0. The van der Waals surface area contributed by atoms with Gasteiger partial charge < -0.3 is 14.2 Å². The van der Waals surface area contributed by atoms with Crippen LogP contribution in [0.4, 0.5) is 0 Å². The molecule has 0 aliphatic rings. The lowest BCUT2D eigenvalue weighted by molar-refractivity contribution is 0.469. The van der Waals surface area contributed by atoms with Crippen molar-refractivity contribution >= 4 is 15.9 Å². The summed E-state index contributed by atoms with van der Waals surface area (Å²) in [7, 11) is 0. The normalized spacial score (nSPS) is 10.9. The molecule has 2 aromatic heterocycles. The van der Waals surface area contributed by atoms with Crippen molar-refractivity contribution in [2.45, 2.75) is 19.8 Å². The highest BCUT2D eigenvalue weighted by Crippen LogP contribution is 2.25. The molecular weight excluding hydrogens is 284 g/mol. The Balaban J connectivity index is 1.92. The van der Waals surface area contributed by atoms with E-state index in [-0.39, 0.29) is 0 Å². The molecule has 0 unspecified atom stereocenters. The van der Waals surface area contributed by atoms with Crippen LogP contribution in [0.15, 0.2) is 31.8 Å². The number of halogens is 1. The molecule has 0 radical (unpaired) electrons. The van der Waals surface area contributed by atoms with Crippen molar-refractivity contribution in [2.24, 2.45) is 0 Å². The molecule has 0 aromatic carbocycles. The van der Waals surface area contributed by atoms with Gasteiger partial charge in [0.25, 0.3) is 0 Å². The molecule has 2 heterocycles. The highest BCUT2D eigenvalue weighted by Gasteiger charge is 2.09. The Morgan fingerprint density at radius 1 is 1.29 bits per heavy atom. The number of hydrogen-bond donors (Lipinski definition) is 1. The third-order valence-electron chi connectivity index (χ3n) is 2.36. The highest BCUT2D eigenvalue weighted by molar-refractivity contribution is 9.10. The molecule has 0 fully saturated rings. The molecule has 0 aliphatic heterocycles. The number of hydrogen-bond acceptors (Lipinski definition) is 4. The number of nitrogens with one attached hydrogen (secondary N) is 1. The van der Waals surface area contributed by atoms with Crippen LogP contribution in [0.3, 0.4) is 0 Å². The van der Waals surface area contributed by atoms with E-state index in [0.29, 0.717) is 16.2 Å². The third-order valence-corrected chi connectivity index (χ3v) is 2.79. The zero-order chi connectivity index (χ0) is 12.1. The fourth-order valence-corrected chi connectivity index (χ4v) is 1.83. The lowest BCUT2D eigenvalue weighted by Crippen LogP contribution is -2.14. The standard InChI is InChI=1S/C12H15BrN2O2/c1-2-14-7-3-4-12-15-8-10(17-12)9-5-6-11(13)16-9/h5-6,8,14H,2-4,7H2,1H3. The molecular formula is C12H15BrN2O2. The molecule has 1 N–H and O–H groups in total. The van der Waals surface area contributed by atoms with Gasteiger partial charge in [-0.15, -0.1) is 0 Å². The van der Waals surface area contributed by atoms with E-state index in [1.54, 1.807) is 6.20 Å². The molecule has 0 bridgehead atoms. The van der Waals surface area contributed by atoms with Crippen molar-refractivity contribution in [1.29, 1.82) is 0 Å². The lowest BCUT2D eigenvalue weighted by atomic mass is 10.3. The zero-order valence-electron chi connectivity index (χ0n) is 9.70. The molecule has 2 aromatic rings. The van der Waals surface area contributed by atoms with Gasteiger partial charge in [0.1, 0.15) is 0 Å². The Bertz CT molecular complexity index is 465. The molecule has 0 saturated carbocycles. The smallest absolute Gasteiger partial charge is 0.195 e. The first kappa shape index (κ1) is 12.4. The van der Waals surface area contributed by atoms with Gasteiger partial charge in [0, 0.05) is 6.42 Å². The molecule has 17 heavy (non-hydrogen) atoms. The largest absolute Gasteiger partial charge is 0.446 e. The second-order valence-corrected chi connectivity index (χ2v) is 4.46. The average molecular weight is 299 g/mol. The van der Waals surface area contributed by atoms with Crippen LogP contribution in [-0.4, -0.2) is 18.1 Å². The van der Waals surface area contributed by atoms with Crippen LogP contribution >= 0.6 is 15.9 Å². The number of nitrogens with zero attached hydrogens (tertiary/aromatic N) is 1. The Morgan fingerprint density at radius 2 is 2.18 bits per heavy atom. The molecule has 4 nitrogen and oxygen atoms in total. The highest BCUT2D eigenvalue weighted by atomic mass is 79.9. The quantitative estimate of drug-likeness (QED) is 0.832. The van der Waals surface area contributed by atoms with E-state index in [9.17, 15) is 0 Å². The summed E-state index contributed by atoms with van der Waals surface area (Å²) in [5, 5.41) is 3.27. The summed E-state index contributed by atoms with van der Waals surface area (Å²) in [6.07, 6.45) is 3.57. The topological polar surface area (TPSA) is 51.2 Å². The van der Waals surface area contributed by atoms with Crippen molar-refractivity contribution in [3.63, 3.8) is 0 Å². The van der Waals surface area contributed by atoms with Gasteiger partial charge in [0.05, 0.1) is 6.20 Å². The second kappa shape index (κ2) is 6.02. The Kier molecular flexibility index (Phi) is 4.39. The van der Waals surface area contributed by atoms with Crippen LogP contribution in [-0.2, 0) is 6.42 Å². The molecule has 5 heteroatoms. The number of aryl methyl sites for hydroxylation is 1. The van der Waals surface area contributed by atoms with Crippen molar-refractivity contribution in [3.8, 4) is 11.5 Å². The summed E-state index contributed by atoms with van der Waals surface area (Å²) in [6, 6.07) is 3.69. The lowest BCUT2D eigenvalue weighted by Gasteiger charge is -1.98. The van der Waals surface area contributed by atoms with Crippen molar-refractivity contribution in [1.82, 2.24) is 10.3 Å². The van der Waals surface area contributed by atoms with Gasteiger partial charge in [-0.25, -0.2) is 4.98 Å². The monoisotopic (exact) mass is 298 g/mol. The maximum Gasteiger partial charge on any atom is 0.195 e. The Hall–Kier alpha value is -1.07. The van der Waals surface area contributed by atoms with Crippen LogP contribution in [0, 0.1) is 0 Å². The summed E-state index contributed by atoms with van der Waals surface area (Å²) < 4.78 is 11.7. The van der Waals surface area contributed by atoms with E-state index in [2.05, 4.69) is 33.2 Å². The van der Waals surface area contributed by atoms with E-state index in [1.165, 1.54) is 0 Å². The maximum atomic E-state index is 5.61. The summed E-state index contributed by atoms with van der Waals surface area (Å²) in [4.78, 5) is 4.23. The van der Waals surface area contributed by atoms with Crippen LogP contribution in [0.5, 0.6) is 0 Å². The van der Waals surface area contributed by atoms with Crippen molar-refractivity contribution < 1.29 is 8.83 Å². The number of oxazole rings is 1. The van der Waals surface area contributed by atoms with Crippen LogP contribution in [0.1, 0.15) is 19.2 Å². The molecule has 0 aliphatic carbocycles. The maximum absolute atomic E-state index is 5.61. The third kappa shape index (κ3) is 3.44. The predicted octanol–water partition coefficient (Wildman–Crippen LogP) is 3.24. The van der Waals surface area contributed by atoms with Crippen LogP contribution in [0.25, 0.3) is 11.5 Å².